The first kappa shape index (κ1) is 18.6. The highest BCUT2D eigenvalue weighted by molar-refractivity contribution is 6.29. The molecule has 0 spiro atoms. The quantitative estimate of drug-likeness (QED) is 0.344. The van der Waals surface area contributed by atoms with Crippen molar-refractivity contribution in [3.8, 4) is 5.75 Å². The van der Waals surface area contributed by atoms with E-state index in [1.165, 1.54) is 6.08 Å². The van der Waals surface area contributed by atoms with Crippen LogP contribution in [0.3, 0.4) is 0 Å². The molecule has 0 atom stereocenters. The van der Waals surface area contributed by atoms with Crippen molar-refractivity contribution in [3.05, 3.63) is 95.0 Å². The van der Waals surface area contributed by atoms with Gasteiger partial charge in [0.2, 0.25) is 0 Å². The van der Waals surface area contributed by atoms with Gasteiger partial charge < -0.3 is 9.47 Å². The first-order valence-electron chi connectivity index (χ1n) is 8.26. The van der Waals surface area contributed by atoms with Crippen molar-refractivity contribution in [2.45, 2.75) is 13.2 Å². The van der Waals surface area contributed by atoms with E-state index in [-0.39, 0.29) is 6.61 Å². The molecule has 0 saturated heterocycles. The molecule has 0 aliphatic rings. The van der Waals surface area contributed by atoms with Crippen LogP contribution in [0, 0.1) is 0 Å². The molecule has 0 amide bonds. The van der Waals surface area contributed by atoms with Gasteiger partial charge >= 0.3 is 5.97 Å². The number of rotatable bonds is 7. The van der Waals surface area contributed by atoms with Crippen LogP contribution in [-0.4, -0.2) is 15.9 Å². The van der Waals surface area contributed by atoms with Crippen molar-refractivity contribution < 1.29 is 14.3 Å². The second-order valence-corrected chi connectivity index (χ2v) is 6.03. The highest BCUT2D eigenvalue weighted by Gasteiger charge is 2.01. The topological polar surface area (TPSA) is 61.3 Å². The molecule has 3 rings (SSSR count). The molecule has 5 nitrogen and oxygen atoms in total. The van der Waals surface area contributed by atoms with Crippen molar-refractivity contribution in [2.24, 2.45) is 0 Å². The SMILES string of the molecule is O=C(/C=C/c1ccc(OCc2cccnc2)cc1)OCc1ccnc(Cl)c1. The number of ether oxygens (including phenoxy) is 2. The van der Waals surface area contributed by atoms with Crippen LogP contribution in [0.15, 0.2) is 73.2 Å². The fourth-order valence-corrected chi connectivity index (χ4v) is 2.42. The van der Waals surface area contributed by atoms with Gasteiger partial charge in [0.25, 0.3) is 0 Å². The van der Waals surface area contributed by atoms with Crippen LogP contribution >= 0.6 is 11.6 Å². The molecule has 0 bridgehead atoms. The number of hydrogen-bond acceptors (Lipinski definition) is 5. The third-order valence-electron chi connectivity index (χ3n) is 3.59. The lowest BCUT2D eigenvalue weighted by Crippen LogP contribution is -2.00. The van der Waals surface area contributed by atoms with E-state index >= 15 is 0 Å². The average molecular weight is 381 g/mol. The summed E-state index contributed by atoms with van der Waals surface area (Å²) in [4.78, 5) is 19.7. The van der Waals surface area contributed by atoms with Gasteiger partial charge in [0.05, 0.1) is 0 Å². The number of aromatic nitrogens is 2. The Labute approximate surface area is 162 Å². The summed E-state index contributed by atoms with van der Waals surface area (Å²) < 4.78 is 10.9. The van der Waals surface area contributed by atoms with Gasteiger partial charge in [-0.05, 0) is 47.5 Å². The highest BCUT2D eigenvalue weighted by atomic mass is 35.5. The zero-order chi connectivity index (χ0) is 18.9. The van der Waals surface area contributed by atoms with Gasteiger partial charge in [0.15, 0.2) is 0 Å². The highest BCUT2D eigenvalue weighted by Crippen LogP contribution is 2.15. The maximum atomic E-state index is 11.8. The zero-order valence-corrected chi connectivity index (χ0v) is 15.2. The lowest BCUT2D eigenvalue weighted by Gasteiger charge is -2.06. The number of carbonyl (C=O) groups excluding carboxylic acids is 1. The molecular formula is C21H17ClN2O3. The van der Waals surface area contributed by atoms with Crippen molar-refractivity contribution >= 4 is 23.6 Å². The average Bonchev–Trinajstić information content (AvgIpc) is 2.71. The fourth-order valence-electron chi connectivity index (χ4n) is 2.22. The molecule has 3 aromatic rings. The van der Waals surface area contributed by atoms with E-state index in [0.29, 0.717) is 11.8 Å². The van der Waals surface area contributed by atoms with Gasteiger partial charge in [-0.3, -0.25) is 4.98 Å². The lowest BCUT2D eigenvalue weighted by molar-refractivity contribution is -0.138. The maximum Gasteiger partial charge on any atom is 0.331 e. The van der Waals surface area contributed by atoms with Crippen LogP contribution < -0.4 is 4.74 Å². The Morgan fingerprint density at radius 3 is 2.63 bits per heavy atom. The molecule has 2 heterocycles. The van der Waals surface area contributed by atoms with Crippen LogP contribution in [0.5, 0.6) is 5.75 Å². The minimum absolute atomic E-state index is 0.145. The predicted octanol–water partition coefficient (Wildman–Crippen LogP) is 4.47. The molecular weight excluding hydrogens is 364 g/mol. The summed E-state index contributed by atoms with van der Waals surface area (Å²) in [5, 5.41) is 0.366. The molecule has 0 aliphatic carbocycles. The largest absolute Gasteiger partial charge is 0.489 e. The maximum absolute atomic E-state index is 11.8. The van der Waals surface area contributed by atoms with Crippen LogP contribution in [0.1, 0.15) is 16.7 Å². The van der Waals surface area contributed by atoms with Crippen molar-refractivity contribution in [3.63, 3.8) is 0 Å². The van der Waals surface area contributed by atoms with E-state index < -0.39 is 5.97 Å². The Morgan fingerprint density at radius 1 is 1.04 bits per heavy atom. The number of esters is 1. The summed E-state index contributed by atoms with van der Waals surface area (Å²) in [6.45, 7) is 0.598. The van der Waals surface area contributed by atoms with Gasteiger partial charge in [0, 0.05) is 30.2 Å². The molecule has 27 heavy (non-hydrogen) atoms. The first-order chi connectivity index (χ1) is 13.2. The van der Waals surface area contributed by atoms with Crippen molar-refractivity contribution in [2.75, 3.05) is 0 Å². The first-order valence-corrected chi connectivity index (χ1v) is 8.64. The molecule has 0 radical (unpaired) electrons. The van der Waals surface area contributed by atoms with Crippen LogP contribution in [0.4, 0.5) is 0 Å². The third-order valence-corrected chi connectivity index (χ3v) is 3.80. The Bertz CT molecular complexity index is 912. The second kappa shape index (κ2) is 9.50. The van der Waals surface area contributed by atoms with Gasteiger partial charge in [-0.1, -0.05) is 29.8 Å². The third kappa shape index (κ3) is 6.24. The standard InChI is InChI=1S/C21H17ClN2O3/c22-20-12-17(9-11-24-20)14-27-21(25)8-5-16-3-6-19(7-4-16)26-15-18-2-1-10-23-13-18/h1-13H,14-15H2/b8-5+. The van der Waals surface area contributed by atoms with E-state index in [4.69, 9.17) is 21.1 Å². The normalized spacial score (nSPS) is 10.7. The second-order valence-electron chi connectivity index (χ2n) is 5.65. The Balaban J connectivity index is 1.47. The molecule has 0 fully saturated rings. The van der Waals surface area contributed by atoms with Gasteiger partial charge in [0.1, 0.15) is 24.1 Å². The number of halogens is 1. The summed E-state index contributed by atoms with van der Waals surface area (Å²) in [6.07, 6.45) is 8.13. The summed E-state index contributed by atoms with van der Waals surface area (Å²) >= 11 is 5.79. The minimum atomic E-state index is -0.431. The monoisotopic (exact) mass is 380 g/mol. The summed E-state index contributed by atoms with van der Waals surface area (Å²) in [6, 6.07) is 14.6. The van der Waals surface area contributed by atoms with Crippen LogP contribution in [0.2, 0.25) is 5.15 Å². The minimum Gasteiger partial charge on any atom is -0.489 e. The van der Waals surface area contributed by atoms with Crippen molar-refractivity contribution in [1.29, 1.82) is 0 Å². The number of carbonyl (C=O) groups is 1. The molecule has 0 aliphatic heterocycles. The van der Waals surface area contributed by atoms with E-state index in [0.717, 1.165) is 22.4 Å². The molecule has 0 N–H and O–H groups in total. The molecule has 0 unspecified atom stereocenters. The molecule has 136 valence electrons. The van der Waals surface area contributed by atoms with E-state index in [1.54, 1.807) is 36.8 Å². The van der Waals surface area contributed by atoms with E-state index in [2.05, 4.69) is 9.97 Å². The molecule has 6 heteroatoms. The van der Waals surface area contributed by atoms with E-state index in [1.807, 2.05) is 36.4 Å². The van der Waals surface area contributed by atoms with Gasteiger partial charge in [-0.25, -0.2) is 9.78 Å². The number of pyridine rings is 2. The molecule has 1 aromatic carbocycles. The van der Waals surface area contributed by atoms with Crippen LogP contribution in [0.25, 0.3) is 6.08 Å². The van der Waals surface area contributed by atoms with Gasteiger partial charge in [-0.2, -0.15) is 0 Å². The molecule has 0 saturated carbocycles. The van der Waals surface area contributed by atoms with Crippen LogP contribution in [-0.2, 0) is 22.7 Å². The number of nitrogens with zero attached hydrogens (tertiary/aromatic N) is 2. The van der Waals surface area contributed by atoms with Crippen molar-refractivity contribution in [1.82, 2.24) is 9.97 Å². The van der Waals surface area contributed by atoms with Gasteiger partial charge in [-0.15, -0.1) is 0 Å². The van der Waals surface area contributed by atoms with E-state index in [9.17, 15) is 4.79 Å². The number of hydrogen-bond donors (Lipinski definition) is 0. The Kier molecular flexibility index (Phi) is 6.55. The fraction of sp³-hybridized carbons (Fsp3) is 0.0952. The summed E-state index contributed by atoms with van der Waals surface area (Å²) in [5.74, 6) is 0.313. The predicted molar refractivity (Wildman–Crippen MR) is 103 cm³/mol. The zero-order valence-electron chi connectivity index (χ0n) is 14.4. The molecule has 2 aromatic heterocycles. The lowest BCUT2D eigenvalue weighted by atomic mass is 10.2. The number of benzene rings is 1. The Hall–Kier alpha value is -3.18. The summed E-state index contributed by atoms with van der Waals surface area (Å²) in [7, 11) is 0. The smallest absolute Gasteiger partial charge is 0.331 e. The summed E-state index contributed by atoms with van der Waals surface area (Å²) in [5.41, 5.74) is 2.65. The Morgan fingerprint density at radius 2 is 1.89 bits per heavy atom.